The summed E-state index contributed by atoms with van der Waals surface area (Å²) in [4.78, 5) is 12.3. The molecule has 5 nitrogen and oxygen atoms in total. The summed E-state index contributed by atoms with van der Waals surface area (Å²) < 4.78 is 44.3. The summed E-state index contributed by atoms with van der Waals surface area (Å²) >= 11 is 0. The zero-order valence-corrected chi connectivity index (χ0v) is 14.6. The Balaban J connectivity index is 1.84. The molecule has 0 saturated heterocycles. The van der Waals surface area contributed by atoms with Crippen molar-refractivity contribution >= 4 is 15.9 Å². The Morgan fingerprint density at radius 1 is 1.12 bits per heavy atom. The zero-order chi connectivity index (χ0) is 18.0. The van der Waals surface area contributed by atoms with Crippen LogP contribution in [0.1, 0.15) is 27.9 Å². The van der Waals surface area contributed by atoms with Gasteiger partial charge in [0.1, 0.15) is 10.7 Å². The molecule has 0 fully saturated rings. The number of aryl methyl sites for hydroxylation is 1. The molecule has 1 aliphatic rings. The molecule has 0 N–H and O–H groups in total. The molecule has 7 heteroatoms. The highest BCUT2D eigenvalue weighted by Gasteiger charge is 2.41. The summed E-state index contributed by atoms with van der Waals surface area (Å²) in [6, 6.07) is 10.6. The number of carbonyl (C=O) groups excluding carboxylic acids is 1. The van der Waals surface area contributed by atoms with Gasteiger partial charge in [-0.3, -0.25) is 4.79 Å². The van der Waals surface area contributed by atoms with Crippen molar-refractivity contribution in [1.82, 2.24) is 4.31 Å². The van der Waals surface area contributed by atoms with Gasteiger partial charge < -0.3 is 4.74 Å². The van der Waals surface area contributed by atoms with Gasteiger partial charge in [0.2, 0.25) is 0 Å². The molecule has 0 bridgehead atoms. The van der Waals surface area contributed by atoms with Crippen LogP contribution in [0.3, 0.4) is 0 Å². The zero-order valence-electron chi connectivity index (χ0n) is 13.7. The second-order valence-electron chi connectivity index (χ2n) is 5.87. The quantitative estimate of drug-likeness (QED) is 0.741. The van der Waals surface area contributed by atoms with Gasteiger partial charge in [-0.05, 0) is 42.2 Å². The smallest absolute Gasteiger partial charge is 0.269 e. The van der Waals surface area contributed by atoms with Gasteiger partial charge >= 0.3 is 0 Å². The Morgan fingerprint density at radius 3 is 2.64 bits per heavy atom. The number of amides is 1. The number of halogens is 1. The lowest BCUT2D eigenvalue weighted by Crippen LogP contribution is -2.29. The molecule has 2 aromatic carbocycles. The number of rotatable bonds is 6. The summed E-state index contributed by atoms with van der Waals surface area (Å²) in [7, 11) is -2.31. The molecule has 1 aliphatic heterocycles. The first kappa shape index (κ1) is 17.6. The average molecular weight is 363 g/mol. The number of methoxy groups -OCH3 is 1. The summed E-state index contributed by atoms with van der Waals surface area (Å²) in [6.45, 7) is 0.569. The SMILES string of the molecule is COCCCc1cccc(CN2C(=O)c3cc(F)ccc3S2(=O)=O)c1. The molecule has 3 rings (SSSR count). The third-order valence-corrected chi connectivity index (χ3v) is 5.89. The maximum Gasteiger partial charge on any atom is 0.269 e. The third-order valence-electron chi connectivity index (χ3n) is 4.10. The summed E-state index contributed by atoms with van der Waals surface area (Å²) in [5, 5.41) is 0. The molecule has 0 aromatic heterocycles. The van der Waals surface area contributed by atoms with Gasteiger partial charge in [0.25, 0.3) is 15.9 Å². The molecule has 2 aromatic rings. The molecule has 0 radical (unpaired) electrons. The van der Waals surface area contributed by atoms with Crippen LogP contribution in [-0.4, -0.2) is 32.3 Å². The molecule has 0 saturated carbocycles. The van der Waals surface area contributed by atoms with Crippen LogP contribution in [0.2, 0.25) is 0 Å². The number of sulfonamides is 1. The van der Waals surface area contributed by atoms with Crippen molar-refractivity contribution in [2.45, 2.75) is 24.3 Å². The molecule has 132 valence electrons. The van der Waals surface area contributed by atoms with Crippen molar-refractivity contribution in [3.63, 3.8) is 0 Å². The van der Waals surface area contributed by atoms with E-state index in [2.05, 4.69) is 0 Å². The minimum atomic E-state index is -3.95. The normalized spacial score (nSPS) is 15.4. The molecule has 1 heterocycles. The van der Waals surface area contributed by atoms with E-state index in [1.165, 1.54) is 0 Å². The summed E-state index contributed by atoms with van der Waals surface area (Å²) in [5.74, 6) is -1.33. The van der Waals surface area contributed by atoms with E-state index in [4.69, 9.17) is 4.74 Å². The van der Waals surface area contributed by atoms with Crippen LogP contribution >= 0.6 is 0 Å². The molecule has 1 amide bonds. The number of ether oxygens (including phenoxy) is 1. The van der Waals surface area contributed by atoms with Gasteiger partial charge in [0.15, 0.2) is 0 Å². The Hall–Kier alpha value is -2.25. The van der Waals surface area contributed by atoms with E-state index >= 15 is 0 Å². The predicted molar refractivity (Wildman–Crippen MR) is 90.1 cm³/mol. The summed E-state index contributed by atoms with van der Waals surface area (Å²) in [6.07, 6.45) is 1.65. The van der Waals surface area contributed by atoms with Crippen LogP contribution in [0.15, 0.2) is 47.4 Å². The highest BCUT2D eigenvalue weighted by molar-refractivity contribution is 7.90. The predicted octanol–water partition coefficient (Wildman–Crippen LogP) is 2.75. The van der Waals surface area contributed by atoms with E-state index in [-0.39, 0.29) is 17.0 Å². The van der Waals surface area contributed by atoms with E-state index in [0.29, 0.717) is 12.2 Å². The number of hydrogen-bond donors (Lipinski definition) is 0. The van der Waals surface area contributed by atoms with E-state index < -0.39 is 21.7 Å². The topological polar surface area (TPSA) is 63.7 Å². The van der Waals surface area contributed by atoms with E-state index in [0.717, 1.165) is 40.9 Å². The van der Waals surface area contributed by atoms with Crippen molar-refractivity contribution in [1.29, 1.82) is 0 Å². The fraction of sp³-hybridized carbons (Fsp3) is 0.278. The van der Waals surface area contributed by atoms with E-state index in [1.807, 2.05) is 18.2 Å². The van der Waals surface area contributed by atoms with Gasteiger partial charge in [-0.15, -0.1) is 0 Å². The van der Waals surface area contributed by atoms with Crippen molar-refractivity contribution < 1.29 is 22.3 Å². The van der Waals surface area contributed by atoms with Crippen LogP contribution < -0.4 is 0 Å². The first-order valence-corrected chi connectivity index (χ1v) is 9.31. The molecule has 0 atom stereocenters. The van der Waals surface area contributed by atoms with Crippen LogP contribution in [0.5, 0.6) is 0 Å². The molecule has 0 unspecified atom stereocenters. The van der Waals surface area contributed by atoms with Crippen molar-refractivity contribution in [3.05, 3.63) is 65.0 Å². The lowest BCUT2D eigenvalue weighted by Gasteiger charge is -2.15. The molecular weight excluding hydrogens is 345 g/mol. The fourth-order valence-corrected chi connectivity index (χ4v) is 4.42. The minimum absolute atomic E-state index is 0.0738. The first-order valence-electron chi connectivity index (χ1n) is 7.87. The van der Waals surface area contributed by atoms with Crippen LogP contribution in [0.4, 0.5) is 4.39 Å². The monoisotopic (exact) mass is 363 g/mol. The largest absolute Gasteiger partial charge is 0.385 e. The van der Waals surface area contributed by atoms with Crippen LogP contribution in [0, 0.1) is 5.82 Å². The van der Waals surface area contributed by atoms with Crippen LogP contribution in [0.25, 0.3) is 0 Å². The van der Waals surface area contributed by atoms with Gasteiger partial charge in [0.05, 0.1) is 12.1 Å². The molecule has 0 aliphatic carbocycles. The maximum absolute atomic E-state index is 13.4. The van der Waals surface area contributed by atoms with Crippen molar-refractivity contribution in [3.8, 4) is 0 Å². The minimum Gasteiger partial charge on any atom is -0.385 e. The highest BCUT2D eigenvalue weighted by Crippen LogP contribution is 2.32. The Labute approximate surface area is 146 Å². The van der Waals surface area contributed by atoms with Crippen LogP contribution in [-0.2, 0) is 27.7 Å². The number of fused-ring (bicyclic) bond motifs is 1. The van der Waals surface area contributed by atoms with Gasteiger partial charge in [-0.2, -0.15) is 0 Å². The lowest BCUT2D eigenvalue weighted by atomic mass is 10.1. The number of nitrogens with zero attached hydrogens (tertiary/aromatic N) is 1. The van der Waals surface area contributed by atoms with Gasteiger partial charge in [-0.1, -0.05) is 24.3 Å². The lowest BCUT2D eigenvalue weighted by molar-refractivity contribution is 0.0864. The average Bonchev–Trinajstić information content (AvgIpc) is 2.76. The van der Waals surface area contributed by atoms with Crippen molar-refractivity contribution in [2.24, 2.45) is 0 Å². The fourth-order valence-electron chi connectivity index (χ4n) is 2.88. The van der Waals surface area contributed by atoms with E-state index in [9.17, 15) is 17.6 Å². The second kappa shape index (κ2) is 6.93. The van der Waals surface area contributed by atoms with Crippen molar-refractivity contribution in [2.75, 3.05) is 13.7 Å². The van der Waals surface area contributed by atoms with Gasteiger partial charge in [-0.25, -0.2) is 17.1 Å². The number of hydrogen-bond acceptors (Lipinski definition) is 4. The Morgan fingerprint density at radius 2 is 1.88 bits per heavy atom. The standard InChI is InChI=1S/C18H18FNO4S/c1-24-9-3-6-13-4-2-5-14(10-13)12-20-18(21)16-11-15(19)7-8-17(16)25(20,22)23/h2,4-5,7-8,10-11H,3,6,9,12H2,1H3. The number of benzene rings is 2. The Bertz CT molecular complexity index is 911. The maximum atomic E-state index is 13.4. The molecular formula is C18H18FNO4S. The summed E-state index contributed by atoms with van der Waals surface area (Å²) in [5.41, 5.74) is 1.64. The highest BCUT2D eigenvalue weighted by atomic mass is 32.2. The second-order valence-corrected chi connectivity index (χ2v) is 7.70. The molecule has 0 spiro atoms. The Kier molecular flexibility index (Phi) is 4.87. The van der Waals surface area contributed by atoms with E-state index in [1.54, 1.807) is 13.2 Å². The number of carbonyl (C=O) groups is 1. The third kappa shape index (κ3) is 3.43. The van der Waals surface area contributed by atoms with Gasteiger partial charge in [0, 0.05) is 13.7 Å². The molecule has 25 heavy (non-hydrogen) atoms. The first-order chi connectivity index (χ1) is 11.9.